The van der Waals surface area contributed by atoms with Gasteiger partial charge in [-0.15, -0.1) is 0 Å². The second-order valence-corrected chi connectivity index (χ2v) is 2.96. The highest BCUT2D eigenvalue weighted by molar-refractivity contribution is 5.66. The summed E-state index contributed by atoms with van der Waals surface area (Å²) in [5.41, 5.74) is 3.36. The van der Waals surface area contributed by atoms with E-state index in [9.17, 15) is 5.11 Å². The first-order valence-corrected chi connectivity index (χ1v) is 3.76. The molecule has 2 rings (SSSR count). The maximum atomic E-state index is 9.46. The van der Waals surface area contributed by atoms with Crippen LogP contribution in [0, 0.1) is 6.92 Å². The van der Waals surface area contributed by atoms with Crippen LogP contribution in [0.2, 0.25) is 0 Å². The van der Waals surface area contributed by atoms with Crippen molar-refractivity contribution in [1.82, 2.24) is 0 Å². The molecule has 0 aliphatic heterocycles. The number of fused-ring (bicyclic) bond motifs is 1. The van der Waals surface area contributed by atoms with Gasteiger partial charge in [-0.05, 0) is 30.5 Å². The Labute approximate surface area is 66.0 Å². The smallest absolute Gasteiger partial charge is 0.123 e. The fourth-order valence-corrected chi connectivity index (χ4v) is 1.52. The van der Waals surface area contributed by atoms with Gasteiger partial charge in [-0.3, -0.25) is 0 Å². The SMILES string of the molecule is Cc1cc(O)c2c(c1)CC=C2. The van der Waals surface area contributed by atoms with Crippen LogP contribution in [0.5, 0.6) is 5.75 Å². The molecule has 1 aromatic rings. The molecule has 11 heavy (non-hydrogen) atoms. The number of phenolic OH excluding ortho intramolecular Hbond substituents is 1. The highest BCUT2D eigenvalue weighted by atomic mass is 16.3. The van der Waals surface area contributed by atoms with Crippen molar-refractivity contribution in [1.29, 1.82) is 0 Å². The summed E-state index contributed by atoms with van der Waals surface area (Å²) in [6.07, 6.45) is 5.01. The molecule has 0 bridgehead atoms. The van der Waals surface area contributed by atoms with E-state index in [1.54, 1.807) is 6.07 Å². The third-order valence-corrected chi connectivity index (χ3v) is 2.01. The van der Waals surface area contributed by atoms with E-state index >= 15 is 0 Å². The van der Waals surface area contributed by atoms with Crippen molar-refractivity contribution in [3.63, 3.8) is 0 Å². The first-order chi connectivity index (χ1) is 5.27. The third-order valence-electron chi connectivity index (χ3n) is 2.01. The summed E-state index contributed by atoms with van der Waals surface area (Å²) in [4.78, 5) is 0. The predicted molar refractivity (Wildman–Crippen MR) is 45.6 cm³/mol. The van der Waals surface area contributed by atoms with Gasteiger partial charge < -0.3 is 5.11 Å². The molecule has 56 valence electrons. The number of aromatic hydroxyl groups is 1. The number of benzene rings is 1. The van der Waals surface area contributed by atoms with Gasteiger partial charge in [-0.25, -0.2) is 0 Å². The van der Waals surface area contributed by atoms with Gasteiger partial charge in [0.05, 0.1) is 0 Å². The predicted octanol–water partition coefficient (Wildman–Crippen LogP) is 2.27. The Kier molecular flexibility index (Phi) is 1.25. The minimum absolute atomic E-state index is 0.411. The molecular formula is C10H10O. The topological polar surface area (TPSA) is 20.2 Å². The molecule has 0 spiro atoms. The molecule has 0 atom stereocenters. The monoisotopic (exact) mass is 146 g/mol. The Morgan fingerprint density at radius 3 is 3.00 bits per heavy atom. The van der Waals surface area contributed by atoms with Gasteiger partial charge in [0.25, 0.3) is 0 Å². The van der Waals surface area contributed by atoms with Crippen molar-refractivity contribution in [2.75, 3.05) is 0 Å². The first-order valence-electron chi connectivity index (χ1n) is 3.76. The van der Waals surface area contributed by atoms with Gasteiger partial charge in [0, 0.05) is 5.56 Å². The van der Waals surface area contributed by atoms with E-state index in [2.05, 4.69) is 12.1 Å². The molecule has 0 unspecified atom stereocenters. The van der Waals surface area contributed by atoms with Crippen molar-refractivity contribution in [3.05, 3.63) is 34.9 Å². The minimum Gasteiger partial charge on any atom is -0.507 e. The quantitative estimate of drug-likeness (QED) is 0.595. The summed E-state index contributed by atoms with van der Waals surface area (Å²) in [6, 6.07) is 3.92. The Balaban J connectivity index is 2.67. The zero-order chi connectivity index (χ0) is 7.84. The van der Waals surface area contributed by atoms with E-state index in [1.807, 2.05) is 13.0 Å². The molecule has 1 heteroatoms. The Bertz CT molecular complexity index is 324. The number of rotatable bonds is 0. The average molecular weight is 146 g/mol. The van der Waals surface area contributed by atoms with Crippen molar-refractivity contribution in [3.8, 4) is 5.75 Å². The van der Waals surface area contributed by atoms with Crippen LogP contribution in [0.1, 0.15) is 16.7 Å². The molecule has 0 amide bonds. The highest BCUT2D eigenvalue weighted by Crippen LogP contribution is 2.29. The van der Waals surface area contributed by atoms with Crippen LogP contribution >= 0.6 is 0 Å². The van der Waals surface area contributed by atoms with Crippen molar-refractivity contribution < 1.29 is 5.11 Å². The molecule has 0 heterocycles. The molecular weight excluding hydrogens is 136 g/mol. The standard InChI is InChI=1S/C10H10O/c1-7-5-8-3-2-4-9(8)10(11)6-7/h2,4-6,11H,3H2,1H3. The minimum atomic E-state index is 0.411. The fraction of sp³-hybridized carbons (Fsp3) is 0.200. The van der Waals surface area contributed by atoms with Crippen LogP contribution in [0.3, 0.4) is 0 Å². The second kappa shape index (κ2) is 2.12. The summed E-state index contributed by atoms with van der Waals surface area (Å²) >= 11 is 0. The second-order valence-electron chi connectivity index (χ2n) is 2.96. The molecule has 1 aromatic carbocycles. The number of hydrogen-bond acceptors (Lipinski definition) is 1. The lowest BCUT2D eigenvalue weighted by Crippen LogP contribution is -1.83. The van der Waals surface area contributed by atoms with Crippen molar-refractivity contribution >= 4 is 6.08 Å². The molecule has 0 fully saturated rings. The normalized spacial score (nSPS) is 13.5. The summed E-state index contributed by atoms with van der Waals surface area (Å²) in [5.74, 6) is 0.411. The number of phenols is 1. The van der Waals surface area contributed by atoms with E-state index in [0.717, 1.165) is 17.5 Å². The molecule has 0 radical (unpaired) electrons. The molecule has 1 aliphatic carbocycles. The van der Waals surface area contributed by atoms with E-state index < -0.39 is 0 Å². The maximum absolute atomic E-state index is 9.46. The van der Waals surface area contributed by atoms with Crippen LogP contribution < -0.4 is 0 Å². The van der Waals surface area contributed by atoms with Crippen LogP contribution in [0.4, 0.5) is 0 Å². The number of allylic oxidation sites excluding steroid dienone is 1. The lowest BCUT2D eigenvalue weighted by Gasteiger charge is -2.02. The first kappa shape index (κ1) is 6.47. The van der Waals surface area contributed by atoms with E-state index in [1.165, 1.54) is 5.56 Å². The van der Waals surface area contributed by atoms with E-state index in [0.29, 0.717) is 5.75 Å². The molecule has 1 N–H and O–H groups in total. The fourth-order valence-electron chi connectivity index (χ4n) is 1.52. The molecule has 0 aromatic heterocycles. The maximum Gasteiger partial charge on any atom is 0.123 e. The van der Waals surface area contributed by atoms with Crippen molar-refractivity contribution in [2.45, 2.75) is 13.3 Å². The molecule has 1 aliphatic rings. The Morgan fingerprint density at radius 2 is 2.18 bits per heavy atom. The largest absolute Gasteiger partial charge is 0.507 e. The molecule has 0 saturated carbocycles. The number of hydrogen-bond donors (Lipinski definition) is 1. The zero-order valence-corrected chi connectivity index (χ0v) is 6.46. The third kappa shape index (κ3) is 0.929. The summed E-state index contributed by atoms with van der Waals surface area (Å²) in [7, 11) is 0. The van der Waals surface area contributed by atoms with Crippen LogP contribution in [0.25, 0.3) is 6.08 Å². The van der Waals surface area contributed by atoms with E-state index in [4.69, 9.17) is 0 Å². The van der Waals surface area contributed by atoms with Gasteiger partial charge in [0.15, 0.2) is 0 Å². The lowest BCUT2D eigenvalue weighted by molar-refractivity contribution is 0.473. The van der Waals surface area contributed by atoms with Crippen LogP contribution in [-0.2, 0) is 6.42 Å². The van der Waals surface area contributed by atoms with Gasteiger partial charge >= 0.3 is 0 Å². The summed E-state index contributed by atoms with van der Waals surface area (Å²) in [6.45, 7) is 2.00. The van der Waals surface area contributed by atoms with Gasteiger partial charge in [-0.2, -0.15) is 0 Å². The van der Waals surface area contributed by atoms with Crippen LogP contribution in [0.15, 0.2) is 18.2 Å². The number of aryl methyl sites for hydroxylation is 1. The van der Waals surface area contributed by atoms with E-state index in [-0.39, 0.29) is 0 Å². The molecule has 0 saturated heterocycles. The highest BCUT2D eigenvalue weighted by Gasteiger charge is 2.09. The summed E-state index contributed by atoms with van der Waals surface area (Å²) in [5, 5.41) is 9.46. The van der Waals surface area contributed by atoms with Gasteiger partial charge in [-0.1, -0.05) is 18.2 Å². The van der Waals surface area contributed by atoms with Gasteiger partial charge in [0.1, 0.15) is 5.75 Å². The zero-order valence-electron chi connectivity index (χ0n) is 6.46. The Morgan fingerprint density at radius 1 is 1.36 bits per heavy atom. The van der Waals surface area contributed by atoms with Gasteiger partial charge in [0.2, 0.25) is 0 Å². The van der Waals surface area contributed by atoms with Crippen LogP contribution in [-0.4, -0.2) is 5.11 Å². The molecule has 1 nitrogen and oxygen atoms in total. The lowest BCUT2D eigenvalue weighted by atomic mass is 10.1. The van der Waals surface area contributed by atoms with Crippen molar-refractivity contribution in [2.24, 2.45) is 0 Å². The summed E-state index contributed by atoms with van der Waals surface area (Å²) < 4.78 is 0. The Hall–Kier alpha value is -1.24. The average Bonchev–Trinajstić information content (AvgIpc) is 2.34.